The van der Waals surface area contributed by atoms with Gasteiger partial charge in [0.15, 0.2) is 0 Å². The highest BCUT2D eigenvalue weighted by Gasteiger charge is 2.16. The van der Waals surface area contributed by atoms with Gasteiger partial charge >= 0.3 is 0 Å². The van der Waals surface area contributed by atoms with Gasteiger partial charge in [-0.15, -0.1) is 6.58 Å². The van der Waals surface area contributed by atoms with E-state index in [1.807, 2.05) is 0 Å². The lowest BCUT2D eigenvalue weighted by Crippen LogP contribution is -2.18. The molecule has 1 saturated carbocycles. The van der Waals surface area contributed by atoms with Crippen LogP contribution in [0.25, 0.3) is 0 Å². The van der Waals surface area contributed by atoms with E-state index in [1.54, 1.807) is 0 Å². The number of rotatable bonds is 3. The summed E-state index contributed by atoms with van der Waals surface area (Å²) in [6, 6.07) is 0. The zero-order chi connectivity index (χ0) is 8.81. The van der Waals surface area contributed by atoms with Crippen LogP contribution in [0.1, 0.15) is 32.1 Å². The quantitative estimate of drug-likeness (QED) is 0.386. The Morgan fingerprint density at radius 3 is 2.83 bits per heavy atom. The zero-order valence-electron chi connectivity index (χ0n) is 7.63. The minimum absolute atomic E-state index is 0.667. The van der Waals surface area contributed by atoms with Gasteiger partial charge in [0.2, 0.25) is 0 Å². The van der Waals surface area contributed by atoms with E-state index in [4.69, 9.17) is 5.21 Å². The molecule has 0 spiro atoms. The number of allylic oxidation sites excluding steroid dienone is 1. The van der Waals surface area contributed by atoms with Gasteiger partial charge in [-0.2, -0.15) is 0 Å². The first-order valence-electron chi connectivity index (χ1n) is 4.86. The number of hydrogen-bond donors (Lipinski definition) is 2. The van der Waals surface area contributed by atoms with Crippen molar-refractivity contribution in [1.82, 2.24) is 5.48 Å². The van der Waals surface area contributed by atoms with E-state index in [2.05, 4.69) is 18.1 Å². The molecule has 1 aliphatic rings. The largest absolute Gasteiger partial charge is 0.317 e. The van der Waals surface area contributed by atoms with E-state index in [1.165, 1.54) is 32.1 Å². The predicted molar refractivity (Wildman–Crippen MR) is 50.1 cm³/mol. The van der Waals surface area contributed by atoms with E-state index >= 15 is 0 Å². The Balaban J connectivity index is 2.28. The van der Waals surface area contributed by atoms with E-state index < -0.39 is 0 Å². The highest BCUT2D eigenvalue weighted by molar-refractivity contribution is 4.82. The normalized spacial score (nSPS) is 31.1. The first-order chi connectivity index (χ1) is 5.86. The second-order valence-corrected chi connectivity index (χ2v) is 3.73. The third kappa shape index (κ3) is 2.95. The first kappa shape index (κ1) is 9.75. The Bertz CT molecular complexity index is 136. The standard InChI is InChI=1S/C10H19NO/c1-2-9-4-3-5-10(7-6-9)8-11-12/h2,9-12H,1,3-8H2. The second kappa shape index (κ2) is 5.33. The number of nitrogens with one attached hydrogen (secondary N) is 1. The van der Waals surface area contributed by atoms with Crippen molar-refractivity contribution >= 4 is 0 Å². The fraction of sp³-hybridized carbons (Fsp3) is 0.800. The summed E-state index contributed by atoms with van der Waals surface area (Å²) in [5, 5.41) is 8.56. The molecule has 2 unspecified atom stereocenters. The molecule has 1 fully saturated rings. The molecule has 1 aliphatic carbocycles. The molecule has 0 bridgehead atoms. The van der Waals surface area contributed by atoms with Gasteiger partial charge in [0, 0.05) is 6.54 Å². The molecule has 70 valence electrons. The molecule has 0 aromatic heterocycles. The Hall–Kier alpha value is -0.340. The Morgan fingerprint density at radius 2 is 2.17 bits per heavy atom. The predicted octanol–water partition coefficient (Wildman–Crippen LogP) is 2.35. The fourth-order valence-corrected chi connectivity index (χ4v) is 1.98. The lowest BCUT2D eigenvalue weighted by molar-refractivity contribution is 0.144. The number of hydroxylamine groups is 1. The van der Waals surface area contributed by atoms with E-state index in [0.717, 1.165) is 6.54 Å². The summed E-state index contributed by atoms with van der Waals surface area (Å²) < 4.78 is 0. The summed E-state index contributed by atoms with van der Waals surface area (Å²) >= 11 is 0. The van der Waals surface area contributed by atoms with Crippen molar-refractivity contribution in [3.05, 3.63) is 12.7 Å². The zero-order valence-corrected chi connectivity index (χ0v) is 7.63. The molecule has 0 aromatic carbocycles. The molecule has 2 nitrogen and oxygen atoms in total. The lowest BCUT2D eigenvalue weighted by Gasteiger charge is -2.11. The van der Waals surface area contributed by atoms with Crippen LogP contribution in [0.15, 0.2) is 12.7 Å². The SMILES string of the molecule is C=CC1CCCC(CNO)CC1. The van der Waals surface area contributed by atoms with Crippen molar-refractivity contribution in [2.75, 3.05) is 6.54 Å². The van der Waals surface area contributed by atoms with Crippen LogP contribution in [0.3, 0.4) is 0 Å². The monoisotopic (exact) mass is 169 g/mol. The van der Waals surface area contributed by atoms with Gasteiger partial charge < -0.3 is 5.21 Å². The average molecular weight is 169 g/mol. The van der Waals surface area contributed by atoms with Crippen molar-refractivity contribution in [3.8, 4) is 0 Å². The van der Waals surface area contributed by atoms with Gasteiger partial charge in [0.25, 0.3) is 0 Å². The van der Waals surface area contributed by atoms with Gasteiger partial charge in [0.05, 0.1) is 0 Å². The second-order valence-electron chi connectivity index (χ2n) is 3.73. The van der Waals surface area contributed by atoms with Crippen molar-refractivity contribution in [2.45, 2.75) is 32.1 Å². The fourth-order valence-electron chi connectivity index (χ4n) is 1.98. The van der Waals surface area contributed by atoms with Crippen molar-refractivity contribution < 1.29 is 5.21 Å². The summed E-state index contributed by atoms with van der Waals surface area (Å²) in [5.41, 5.74) is 2.27. The van der Waals surface area contributed by atoms with Crippen LogP contribution in [-0.2, 0) is 0 Å². The van der Waals surface area contributed by atoms with E-state index in [0.29, 0.717) is 11.8 Å². The molecule has 0 radical (unpaired) electrons. The molecule has 0 aliphatic heterocycles. The van der Waals surface area contributed by atoms with Crippen LogP contribution in [0.2, 0.25) is 0 Å². The third-order valence-electron chi connectivity index (χ3n) is 2.85. The van der Waals surface area contributed by atoms with Crippen LogP contribution in [0, 0.1) is 11.8 Å². The van der Waals surface area contributed by atoms with Gasteiger partial charge in [-0.05, 0) is 37.5 Å². The summed E-state index contributed by atoms with van der Waals surface area (Å²) in [7, 11) is 0. The van der Waals surface area contributed by atoms with Crippen LogP contribution >= 0.6 is 0 Å². The van der Waals surface area contributed by atoms with E-state index in [-0.39, 0.29) is 0 Å². The maximum absolute atomic E-state index is 8.56. The van der Waals surface area contributed by atoms with Crippen molar-refractivity contribution in [1.29, 1.82) is 0 Å². The lowest BCUT2D eigenvalue weighted by atomic mass is 9.98. The molecule has 2 atom stereocenters. The topological polar surface area (TPSA) is 32.3 Å². The van der Waals surface area contributed by atoms with Crippen LogP contribution < -0.4 is 5.48 Å². The number of hydrogen-bond acceptors (Lipinski definition) is 2. The molecule has 0 aromatic rings. The highest BCUT2D eigenvalue weighted by atomic mass is 16.5. The van der Waals surface area contributed by atoms with Crippen molar-refractivity contribution in [3.63, 3.8) is 0 Å². The Labute approximate surface area is 74.6 Å². The smallest absolute Gasteiger partial charge is 0.0235 e. The van der Waals surface area contributed by atoms with E-state index in [9.17, 15) is 0 Å². The molecular weight excluding hydrogens is 150 g/mol. The molecule has 0 saturated heterocycles. The van der Waals surface area contributed by atoms with Crippen molar-refractivity contribution in [2.24, 2.45) is 11.8 Å². The molecule has 12 heavy (non-hydrogen) atoms. The summed E-state index contributed by atoms with van der Waals surface area (Å²) in [6.45, 7) is 4.59. The third-order valence-corrected chi connectivity index (χ3v) is 2.85. The minimum Gasteiger partial charge on any atom is -0.317 e. The minimum atomic E-state index is 0.667. The molecule has 0 amide bonds. The maximum atomic E-state index is 8.56. The van der Waals surface area contributed by atoms with Crippen LogP contribution in [0.5, 0.6) is 0 Å². The van der Waals surface area contributed by atoms with Gasteiger partial charge in [-0.25, -0.2) is 5.48 Å². The van der Waals surface area contributed by atoms with Gasteiger partial charge in [-0.1, -0.05) is 12.5 Å². The van der Waals surface area contributed by atoms with Crippen LogP contribution in [-0.4, -0.2) is 11.8 Å². The molecule has 0 heterocycles. The van der Waals surface area contributed by atoms with Crippen LogP contribution in [0.4, 0.5) is 0 Å². The van der Waals surface area contributed by atoms with Gasteiger partial charge in [-0.3, -0.25) is 0 Å². The highest BCUT2D eigenvalue weighted by Crippen LogP contribution is 2.27. The van der Waals surface area contributed by atoms with Gasteiger partial charge in [0.1, 0.15) is 0 Å². The maximum Gasteiger partial charge on any atom is 0.0235 e. The summed E-state index contributed by atoms with van der Waals surface area (Å²) in [6.07, 6.45) is 8.36. The molecule has 2 heteroatoms. The average Bonchev–Trinajstić information content (AvgIpc) is 2.31. The Kier molecular flexibility index (Phi) is 4.33. The summed E-state index contributed by atoms with van der Waals surface area (Å²) in [4.78, 5) is 0. The summed E-state index contributed by atoms with van der Waals surface area (Å²) in [5.74, 6) is 1.38. The molecular formula is C10H19NO. The molecule has 1 rings (SSSR count). The molecule has 2 N–H and O–H groups in total. The first-order valence-corrected chi connectivity index (χ1v) is 4.86. The Morgan fingerprint density at radius 1 is 1.33 bits per heavy atom.